The number of rotatable bonds is 5. The van der Waals surface area contributed by atoms with Crippen LogP contribution < -0.4 is 5.32 Å². The predicted molar refractivity (Wildman–Crippen MR) is 97.4 cm³/mol. The number of aliphatic carboxylic acids is 1. The van der Waals surface area contributed by atoms with Gasteiger partial charge in [0.05, 0.1) is 17.7 Å². The fourth-order valence-corrected chi connectivity index (χ4v) is 4.59. The van der Waals surface area contributed by atoms with Gasteiger partial charge in [0.15, 0.2) is 0 Å². The van der Waals surface area contributed by atoms with Crippen molar-refractivity contribution in [1.29, 1.82) is 0 Å². The third-order valence-electron chi connectivity index (χ3n) is 6.15. The van der Waals surface area contributed by atoms with Crippen molar-refractivity contribution in [2.24, 2.45) is 24.8 Å². The van der Waals surface area contributed by atoms with Gasteiger partial charge < -0.3 is 10.4 Å². The van der Waals surface area contributed by atoms with Gasteiger partial charge in [0.25, 0.3) is 0 Å². The van der Waals surface area contributed by atoms with Crippen molar-refractivity contribution in [3.8, 4) is 0 Å². The smallest absolute Gasteiger partial charge is 0.306 e. The molecule has 0 aromatic carbocycles. The quantitative estimate of drug-likeness (QED) is 0.834. The van der Waals surface area contributed by atoms with E-state index in [2.05, 4.69) is 28.4 Å². The summed E-state index contributed by atoms with van der Waals surface area (Å²) in [6, 6.07) is 2.33. The first-order valence-corrected chi connectivity index (χ1v) is 9.66. The van der Waals surface area contributed by atoms with Gasteiger partial charge in [0.2, 0.25) is 5.91 Å². The van der Waals surface area contributed by atoms with Crippen molar-refractivity contribution in [3.63, 3.8) is 0 Å². The highest BCUT2D eigenvalue weighted by atomic mass is 16.4. The van der Waals surface area contributed by atoms with Crippen LogP contribution in [0.25, 0.3) is 0 Å². The van der Waals surface area contributed by atoms with Gasteiger partial charge in [-0.15, -0.1) is 0 Å². The molecule has 1 aromatic rings. The molecular weight excluding hydrogens is 332 g/mol. The molecule has 26 heavy (non-hydrogen) atoms. The molecule has 0 bridgehead atoms. The molecule has 2 heterocycles. The molecule has 0 radical (unpaired) electrons. The van der Waals surface area contributed by atoms with E-state index in [1.165, 1.54) is 5.69 Å². The van der Waals surface area contributed by atoms with Crippen LogP contribution in [0.1, 0.15) is 50.3 Å². The Labute approximate surface area is 154 Å². The Morgan fingerprint density at radius 1 is 1.19 bits per heavy atom. The monoisotopic (exact) mass is 362 g/mol. The van der Waals surface area contributed by atoms with Crippen molar-refractivity contribution >= 4 is 11.9 Å². The van der Waals surface area contributed by atoms with Gasteiger partial charge in [0, 0.05) is 25.7 Å². The predicted octanol–water partition coefficient (Wildman–Crippen LogP) is 1.81. The Balaban J connectivity index is 1.56. The zero-order valence-corrected chi connectivity index (χ0v) is 15.7. The first-order valence-electron chi connectivity index (χ1n) is 9.66. The van der Waals surface area contributed by atoms with Crippen LogP contribution in [0.15, 0.2) is 12.3 Å². The standard InChI is InChI=1S/C19H30N4O3/c1-22-11-3-4-15(17(22)16-9-10-21-23(16)2)12-20-18(24)13-5-7-14(8-6-13)19(25)26/h9-10,13-15,17H,3-8,11-12H2,1-2H3,(H,20,24)(H,25,26)/t13?,14?,15-,17+/m0/s1. The van der Waals surface area contributed by atoms with E-state index in [-0.39, 0.29) is 23.8 Å². The number of amides is 1. The molecule has 1 aromatic heterocycles. The Morgan fingerprint density at radius 3 is 2.50 bits per heavy atom. The highest BCUT2D eigenvalue weighted by molar-refractivity contribution is 5.79. The molecule has 1 aliphatic carbocycles. The lowest BCUT2D eigenvalue weighted by molar-refractivity contribution is -0.144. The molecule has 3 rings (SSSR count). The van der Waals surface area contributed by atoms with E-state index in [1.807, 2.05) is 17.9 Å². The molecule has 1 saturated carbocycles. The maximum atomic E-state index is 12.6. The molecule has 7 heteroatoms. The average Bonchev–Trinajstić information content (AvgIpc) is 3.05. The minimum Gasteiger partial charge on any atom is -0.481 e. The van der Waals surface area contributed by atoms with Crippen LogP contribution in [0.4, 0.5) is 0 Å². The van der Waals surface area contributed by atoms with Crippen molar-refractivity contribution < 1.29 is 14.7 Å². The second-order valence-electron chi connectivity index (χ2n) is 7.84. The Bertz CT molecular complexity index is 636. The maximum Gasteiger partial charge on any atom is 0.306 e. The first kappa shape index (κ1) is 18.9. The molecule has 0 unspecified atom stereocenters. The lowest BCUT2D eigenvalue weighted by atomic mass is 9.81. The highest BCUT2D eigenvalue weighted by Crippen LogP contribution is 2.34. The van der Waals surface area contributed by atoms with Crippen LogP contribution in [0, 0.1) is 17.8 Å². The molecule has 2 fully saturated rings. The summed E-state index contributed by atoms with van der Waals surface area (Å²) in [6.07, 6.45) is 6.63. The summed E-state index contributed by atoms with van der Waals surface area (Å²) in [6.45, 7) is 1.72. The number of hydrogen-bond acceptors (Lipinski definition) is 4. The van der Waals surface area contributed by atoms with Gasteiger partial charge >= 0.3 is 5.97 Å². The second kappa shape index (κ2) is 8.20. The minimum atomic E-state index is -0.729. The number of carboxylic acid groups (broad SMARTS) is 1. The SMILES string of the molecule is CN1CCC[C@@H](CNC(=O)C2CCC(C(=O)O)CC2)[C@@H]1c1ccnn1C. The Hall–Kier alpha value is -1.89. The van der Waals surface area contributed by atoms with Crippen LogP contribution in [0.5, 0.6) is 0 Å². The van der Waals surface area contributed by atoms with Crippen LogP contribution in [0.3, 0.4) is 0 Å². The molecule has 7 nitrogen and oxygen atoms in total. The number of carbonyl (C=O) groups is 2. The van der Waals surface area contributed by atoms with Crippen molar-refractivity contribution in [3.05, 3.63) is 18.0 Å². The molecule has 2 N–H and O–H groups in total. The van der Waals surface area contributed by atoms with Gasteiger partial charge in [-0.05, 0) is 64.1 Å². The zero-order valence-electron chi connectivity index (χ0n) is 15.7. The summed E-state index contributed by atoms with van der Waals surface area (Å²) in [5.74, 6) is -0.593. The van der Waals surface area contributed by atoms with E-state index >= 15 is 0 Å². The van der Waals surface area contributed by atoms with E-state index in [0.717, 1.165) is 19.4 Å². The third-order valence-corrected chi connectivity index (χ3v) is 6.15. The highest BCUT2D eigenvalue weighted by Gasteiger charge is 2.34. The number of aromatic nitrogens is 2. The van der Waals surface area contributed by atoms with Crippen molar-refractivity contribution in [1.82, 2.24) is 20.0 Å². The van der Waals surface area contributed by atoms with Crippen LogP contribution >= 0.6 is 0 Å². The number of aryl methyl sites for hydroxylation is 1. The first-order chi connectivity index (χ1) is 12.5. The summed E-state index contributed by atoms with van der Waals surface area (Å²) in [7, 11) is 4.10. The molecule has 1 saturated heterocycles. The van der Waals surface area contributed by atoms with Crippen LogP contribution in [-0.2, 0) is 16.6 Å². The van der Waals surface area contributed by atoms with Gasteiger partial charge in [-0.25, -0.2) is 0 Å². The van der Waals surface area contributed by atoms with Crippen molar-refractivity contribution in [2.45, 2.75) is 44.6 Å². The molecule has 0 spiro atoms. The lowest BCUT2D eigenvalue weighted by Crippen LogP contribution is -2.44. The third kappa shape index (κ3) is 4.09. The van der Waals surface area contributed by atoms with Gasteiger partial charge in [-0.3, -0.25) is 19.2 Å². The number of likely N-dealkylation sites (tertiary alicyclic amines) is 1. The number of carbonyl (C=O) groups excluding carboxylic acids is 1. The molecular formula is C19H30N4O3. The summed E-state index contributed by atoms with van der Waals surface area (Å²) in [5, 5.41) is 16.6. The average molecular weight is 362 g/mol. The topological polar surface area (TPSA) is 87.5 Å². The van der Waals surface area contributed by atoms with Gasteiger partial charge in [0.1, 0.15) is 0 Å². The number of carboxylic acids is 1. The van der Waals surface area contributed by atoms with E-state index in [4.69, 9.17) is 5.11 Å². The number of hydrogen-bond donors (Lipinski definition) is 2. The largest absolute Gasteiger partial charge is 0.481 e. The van der Waals surface area contributed by atoms with E-state index in [0.29, 0.717) is 38.1 Å². The van der Waals surface area contributed by atoms with Gasteiger partial charge in [-0.1, -0.05) is 0 Å². The second-order valence-corrected chi connectivity index (χ2v) is 7.84. The fourth-order valence-electron chi connectivity index (χ4n) is 4.59. The molecule has 1 amide bonds. The molecule has 144 valence electrons. The van der Waals surface area contributed by atoms with E-state index in [1.54, 1.807) is 0 Å². The van der Waals surface area contributed by atoms with E-state index in [9.17, 15) is 9.59 Å². The van der Waals surface area contributed by atoms with Crippen LogP contribution in [-0.4, -0.2) is 51.8 Å². The molecule has 2 aliphatic rings. The minimum absolute atomic E-state index is 0.0397. The van der Waals surface area contributed by atoms with Gasteiger partial charge in [-0.2, -0.15) is 5.10 Å². The summed E-state index contributed by atoms with van der Waals surface area (Å²) in [5.41, 5.74) is 1.19. The normalized spacial score (nSPS) is 30.1. The lowest BCUT2D eigenvalue weighted by Gasteiger charge is -2.39. The Morgan fingerprint density at radius 2 is 1.88 bits per heavy atom. The summed E-state index contributed by atoms with van der Waals surface area (Å²) in [4.78, 5) is 26.0. The number of nitrogens with zero attached hydrogens (tertiary/aromatic N) is 3. The van der Waals surface area contributed by atoms with Crippen LogP contribution in [0.2, 0.25) is 0 Å². The molecule has 1 aliphatic heterocycles. The molecule has 2 atom stereocenters. The summed E-state index contributed by atoms with van der Waals surface area (Å²) < 4.78 is 1.93. The summed E-state index contributed by atoms with van der Waals surface area (Å²) >= 11 is 0. The van der Waals surface area contributed by atoms with Crippen molar-refractivity contribution in [2.75, 3.05) is 20.1 Å². The maximum absolute atomic E-state index is 12.6. The number of piperidine rings is 1. The zero-order chi connectivity index (χ0) is 18.7. The van der Waals surface area contributed by atoms with E-state index < -0.39 is 5.97 Å². The fraction of sp³-hybridized carbons (Fsp3) is 0.737. The Kier molecular flexibility index (Phi) is 5.96. The number of nitrogens with one attached hydrogen (secondary N) is 1.